The van der Waals surface area contributed by atoms with Crippen LogP contribution in [0.2, 0.25) is 5.15 Å². The van der Waals surface area contributed by atoms with Crippen LogP contribution >= 0.6 is 11.6 Å². The van der Waals surface area contributed by atoms with E-state index >= 15 is 0 Å². The molecule has 0 atom stereocenters. The Morgan fingerprint density at radius 1 is 1.16 bits per heavy atom. The van der Waals surface area contributed by atoms with Gasteiger partial charge in [-0.1, -0.05) is 11.6 Å². The van der Waals surface area contributed by atoms with Crippen molar-refractivity contribution in [3.63, 3.8) is 0 Å². The lowest BCUT2D eigenvalue weighted by Crippen LogP contribution is -2.27. The van der Waals surface area contributed by atoms with E-state index in [1.54, 1.807) is 6.07 Å². The van der Waals surface area contributed by atoms with E-state index in [-0.39, 0.29) is 22.2 Å². The van der Waals surface area contributed by atoms with Gasteiger partial charge < -0.3 is 4.98 Å². The number of hydrogen-bond donors (Lipinski definition) is 2. The fraction of sp³-hybridized carbons (Fsp3) is 0.176. The second kappa shape index (κ2) is 6.59. The van der Waals surface area contributed by atoms with Crippen LogP contribution in [-0.4, -0.2) is 18.4 Å². The predicted octanol–water partition coefficient (Wildman–Crippen LogP) is 2.67. The molecule has 0 unspecified atom stereocenters. The zero-order valence-electron chi connectivity index (χ0n) is 13.6. The van der Waals surface area contributed by atoms with Gasteiger partial charge in [0.15, 0.2) is 0 Å². The molecule has 3 rings (SSSR count). The summed E-state index contributed by atoms with van der Waals surface area (Å²) in [4.78, 5) is 18.7. The van der Waals surface area contributed by atoms with Gasteiger partial charge >= 0.3 is 0 Å². The maximum Gasteiger partial charge on any atom is 0.252 e. The summed E-state index contributed by atoms with van der Waals surface area (Å²) in [6, 6.07) is 8.31. The number of aromatic amines is 1. The molecule has 0 saturated heterocycles. The van der Waals surface area contributed by atoms with Crippen LogP contribution in [0.3, 0.4) is 0 Å². The molecule has 0 aliphatic heterocycles. The summed E-state index contributed by atoms with van der Waals surface area (Å²) in [5, 5.41) is 1.06. The Balaban J connectivity index is 1.90. The Bertz CT molecular complexity index is 1110. The largest absolute Gasteiger partial charge is 0.322 e. The lowest BCUT2D eigenvalue weighted by Gasteiger charge is -2.08. The second-order valence-corrected chi connectivity index (χ2v) is 7.94. The van der Waals surface area contributed by atoms with Crippen LogP contribution in [0.25, 0.3) is 10.9 Å². The number of halogens is 1. The number of H-pyrrole nitrogens is 1. The van der Waals surface area contributed by atoms with E-state index in [4.69, 9.17) is 11.6 Å². The number of rotatable bonds is 4. The Labute approximate surface area is 149 Å². The third-order valence-electron chi connectivity index (χ3n) is 4.00. The quantitative estimate of drug-likeness (QED) is 0.684. The molecule has 0 aliphatic carbocycles. The van der Waals surface area contributed by atoms with Crippen molar-refractivity contribution >= 4 is 32.5 Å². The van der Waals surface area contributed by atoms with Crippen LogP contribution < -0.4 is 10.3 Å². The predicted molar refractivity (Wildman–Crippen MR) is 97.3 cm³/mol. The molecule has 8 heteroatoms. The molecule has 0 bridgehead atoms. The summed E-state index contributed by atoms with van der Waals surface area (Å²) in [6.07, 6.45) is 1.17. The molecule has 2 N–H and O–H groups in total. The van der Waals surface area contributed by atoms with Gasteiger partial charge in [0.05, 0.1) is 0 Å². The van der Waals surface area contributed by atoms with Gasteiger partial charge in [-0.2, -0.15) is 0 Å². The molecule has 0 fully saturated rings. The summed E-state index contributed by atoms with van der Waals surface area (Å²) in [7, 11) is -3.78. The van der Waals surface area contributed by atoms with Crippen molar-refractivity contribution in [2.24, 2.45) is 0 Å². The van der Waals surface area contributed by atoms with Gasteiger partial charge in [0.25, 0.3) is 5.56 Å². The van der Waals surface area contributed by atoms with Crippen molar-refractivity contribution in [2.75, 3.05) is 0 Å². The normalized spacial score (nSPS) is 11.8. The highest BCUT2D eigenvalue weighted by Gasteiger charge is 2.15. The zero-order valence-corrected chi connectivity index (χ0v) is 15.2. The average molecular weight is 378 g/mol. The summed E-state index contributed by atoms with van der Waals surface area (Å²) in [5.74, 6) is 0. The van der Waals surface area contributed by atoms with Crippen LogP contribution in [0, 0.1) is 13.8 Å². The van der Waals surface area contributed by atoms with Crippen molar-refractivity contribution in [2.45, 2.75) is 25.3 Å². The number of aromatic nitrogens is 2. The molecule has 2 heterocycles. The Kier molecular flexibility index (Phi) is 4.64. The molecule has 130 valence electrons. The molecule has 0 saturated carbocycles. The van der Waals surface area contributed by atoms with E-state index in [9.17, 15) is 13.2 Å². The van der Waals surface area contributed by atoms with Crippen LogP contribution in [0.15, 0.2) is 46.2 Å². The van der Waals surface area contributed by atoms with E-state index in [1.807, 2.05) is 26.0 Å². The van der Waals surface area contributed by atoms with Gasteiger partial charge in [-0.3, -0.25) is 4.79 Å². The summed E-state index contributed by atoms with van der Waals surface area (Å²) in [5.41, 5.74) is 2.90. The van der Waals surface area contributed by atoms with E-state index < -0.39 is 10.0 Å². The minimum atomic E-state index is -3.78. The van der Waals surface area contributed by atoms with E-state index in [2.05, 4.69) is 14.7 Å². The first-order valence-corrected chi connectivity index (χ1v) is 9.37. The highest BCUT2D eigenvalue weighted by molar-refractivity contribution is 7.89. The topological polar surface area (TPSA) is 91.9 Å². The number of pyridine rings is 2. The molecule has 0 spiro atoms. The van der Waals surface area contributed by atoms with Crippen molar-refractivity contribution in [1.29, 1.82) is 0 Å². The lowest BCUT2D eigenvalue weighted by atomic mass is 10.1. The molecule has 25 heavy (non-hydrogen) atoms. The van der Waals surface area contributed by atoms with Crippen LogP contribution in [0.1, 0.15) is 16.7 Å². The summed E-state index contributed by atoms with van der Waals surface area (Å²) < 4.78 is 27.0. The molecule has 1 aromatic carbocycles. The highest BCUT2D eigenvalue weighted by atomic mass is 35.5. The minimum Gasteiger partial charge on any atom is -0.322 e. The Hall–Kier alpha value is -2.22. The van der Waals surface area contributed by atoms with Crippen molar-refractivity contribution in [3.05, 3.63) is 68.7 Å². The number of sulfonamides is 1. The lowest BCUT2D eigenvalue weighted by molar-refractivity contribution is 0.580. The number of benzene rings is 1. The molecule has 2 aromatic heterocycles. The fourth-order valence-electron chi connectivity index (χ4n) is 2.43. The monoisotopic (exact) mass is 377 g/mol. The van der Waals surface area contributed by atoms with Gasteiger partial charge in [0.2, 0.25) is 10.0 Å². The number of hydrogen-bond acceptors (Lipinski definition) is 4. The maximum absolute atomic E-state index is 12.3. The smallest absolute Gasteiger partial charge is 0.252 e. The second-order valence-electron chi connectivity index (χ2n) is 5.79. The molecule has 3 aromatic rings. The highest BCUT2D eigenvalue weighted by Crippen LogP contribution is 2.17. The van der Waals surface area contributed by atoms with Gasteiger partial charge in [-0.25, -0.2) is 18.1 Å². The van der Waals surface area contributed by atoms with Crippen LogP contribution in [0.4, 0.5) is 0 Å². The number of aryl methyl sites for hydroxylation is 2. The van der Waals surface area contributed by atoms with E-state index in [1.165, 1.54) is 18.3 Å². The molecule has 0 amide bonds. The average Bonchev–Trinajstić information content (AvgIpc) is 2.55. The van der Waals surface area contributed by atoms with Crippen molar-refractivity contribution in [3.8, 4) is 0 Å². The van der Waals surface area contributed by atoms with E-state index in [0.29, 0.717) is 5.56 Å². The molecular formula is C17H16ClN3O3S. The van der Waals surface area contributed by atoms with Gasteiger partial charge in [-0.05, 0) is 60.7 Å². The zero-order chi connectivity index (χ0) is 18.2. The van der Waals surface area contributed by atoms with Crippen molar-refractivity contribution in [1.82, 2.24) is 14.7 Å². The fourth-order valence-corrected chi connectivity index (χ4v) is 3.49. The Morgan fingerprint density at radius 3 is 2.56 bits per heavy atom. The maximum atomic E-state index is 12.3. The molecular weight excluding hydrogens is 362 g/mol. The first kappa shape index (κ1) is 17.6. The number of nitrogens with zero attached hydrogens (tertiary/aromatic N) is 1. The Morgan fingerprint density at radius 2 is 1.88 bits per heavy atom. The SMILES string of the molecule is Cc1cc2cc(CNS(=O)(=O)c3ccc(Cl)nc3)c(=O)[nH]c2cc1C. The first-order valence-electron chi connectivity index (χ1n) is 7.51. The third kappa shape index (κ3) is 3.73. The van der Waals surface area contributed by atoms with Crippen LogP contribution in [0.5, 0.6) is 0 Å². The van der Waals surface area contributed by atoms with E-state index in [0.717, 1.165) is 22.0 Å². The van der Waals surface area contributed by atoms with Crippen LogP contribution in [-0.2, 0) is 16.6 Å². The summed E-state index contributed by atoms with van der Waals surface area (Å²) >= 11 is 5.66. The summed E-state index contributed by atoms with van der Waals surface area (Å²) in [6.45, 7) is 3.83. The van der Waals surface area contributed by atoms with Gasteiger partial charge in [0, 0.05) is 23.8 Å². The number of nitrogens with one attached hydrogen (secondary N) is 2. The minimum absolute atomic E-state index is 0.0133. The van der Waals surface area contributed by atoms with Gasteiger partial charge in [-0.15, -0.1) is 0 Å². The third-order valence-corrected chi connectivity index (χ3v) is 5.61. The van der Waals surface area contributed by atoms with Crippen molar-refractivity contribution < 1.29 is 8.42 Å². The first-order chi connectivity index (χ1) is 11.8. The molecule has 0 radical (unpaired) electrons. The standard InChI is InChI=1S/C17H16ClN3O3S/c1-10-5-12-7-13(17(22)21-15(12)6-11(10)2)8-20-25(23,24)14-3-4-16(18)19-9-14/h3-7,9,20H,8H2,1-2H3,(H,21,22). The molecule has 6 nitrogen and oxygen atoms in total. The number of fused-ring (bicyclic) bond motifs is 1. The molecule has 0 aliphatic rings. The van der Waals surface area contributed by atoms with Gasteiger partial charge in [0.1, 0.15) is 10.0 Å².